The van der Waals surface area contributed by atoms with E-state index in [1.54, 1.807) is 29.4 Å². The third-order valence-electron chi connectivity index (χ3n) is 3.95. The van der Waals surface area contributed by atoms with Crippen LogP contribution in [0.4, 0.5) is 5.95 Å². The minimum atomic E-state index is -0.0447. The van der Waals surface area contributed by atoms with Crippen LogP contribution in [-0.4, -0.2) is 50.1 Å². The summed E-state index contributed by atoms with van der Waals surface area (Å²) in [4.78, 5) is 22.5. The zero-order valence-electron chi connectivity index (χ0n) is 12.9. The lowest BCUT2D eigenvalue weighted by Gasteiger charge is -2.39. The lowest BCUT2D eigenvalue weighted by Crippen LogP contribution is -2.57. The minimum absolute atomic E-state index is 0.0447. The Morgan fingerprint density at radius 1 is 1.12 bits per heavy atom. The van der Waals surface area contributed by atoms with Crippen molar-refractivity contribution in [2.45, 2.75) is 6.04 Å². The Morgan fingerprint density at radius 2 is 1.88 bits per heavy atom. The van der Waals surface area contributed by atoms with Gasteiger partial charge in [-0.1, -0.05) is 30.3 Å². The molecule has 0 saturated carbocycles. The molecule has 0 bridgehead atoms. The van der Waals surface area contributed by atoms with Gasteiger partial charge in [0.25, 0.3) is 5.91 Å². The molecule has 0 spiro atoms. The fourth-order valence-electron chi connectivity index (χ4n) is 2.65. The molecule has 0 radical (unpaired) electrons. The van der Waals surface area contributed by atoms with Crippen molar-refractivity contribution in [3.8, 4) is 11.3 Å². The Morgan fingerprint density at radius 3 is 2.62 bits per heavy atom. The molecule has 3 heterocycles. The number of carbonyl (C=O) groups excluding carboxylic acids is 1. The van der Waals surface area contributed by atoms with Crippen molar-refractivity contribution in [1.29, 1.82) is 0 Å². The Labute approximate surface area is 138 Å². The zero-order chi connectivity index (χ0) is 16.4. The van der Waals surface area contributed by atoms with Crippen LogP contribution in [0.3, 0.4) is 0 Å². The van der Waals surface area contributed by atoms with E-state index >= 15 is 0 Å². The first-order valence-corrected chi connectivity index (χ1v) is 7.73. The van der Waals surface area contributed by atoms with Gasteiger partial charge in [-0.3, -0.25) is 9.89 Å². The summed E-state index contributed by atoms with van der Waals surface area (Å²) in [5, 5.41) is 10.3. The predicted octanol–water partition coefficient (Wildman–Crippen LogP) is 1.80. The summed E-state index contributed by atoms with van der Waals surface area (Å²) in [6.45, 7) is 1.24. The quantitative estimate of drug-likeness (QED) is 0.765. The van der Waals surface area contributed by atoms with Gasteiger partial charge in [-0.15, -0.1) is 0 Å². The normalized spacial score (nSPS) is 14.2. The number of anilines is 1. The van der Waals surface area contributed by atoms with E-state index in [1.807, 2.05) is 30.3 Å². The highest BCUT2D eigenvalue weighted by atomic mass is 16.2. The molecule has 1 aromatic carbocycles. The zero-order valence-corrected chi connectivity index (χ0v) is 12.9. The van der Waals surface area contributed by atoms with E-state index in [4.69, 9.17) is 0 Å². The first kappa shape index (κ1) is 14.4. The van der Waals surface area contributed by atoms with Crippen LogP contribution in [-0.2, 0) is 0 Å². The van der Waals surface area contributed by atoms with Crippen LogP contribution in [0.1, 0.15) is 10.5 Å². The average molecular weight is 320 g/mol. The van der Waals surface area contributed by atoms with Crippen LogP contribution < -0.4 is 5.32 Å². The third kappa shape index (κ3) is 2.83. The van der Waals surface area contributed by atoms with Crippen LogP contribution in [0.2, 0.25) is 0 Å². The summed E-state index contributed by atoms with van der Waals surface area (Å²) in [7, 11) is 0. The molecule has 24 heavy (non-hydrogen) atoms. The van der Waals surface area contributed by atoms with Crippen molar-refractivity contribution in [2.75, 3.05) is 18.4 Å². The van der Waals surface area contributed by atoms with Crippen LogP contribution >= 0.6 is 0 Å². The highest BCUT2D eigenvalue weighted by Crippen LogP contribution is 2.20. The predicted molar refractivity (Wildman–Crippen MR) is 89.4 cm³/mol. The smallest absolute Gasteiger partial charge is 0.272 e. The van der Waals surface area contributed by atoms with Gasteiger partial charge in [0.15, 0.2) is 0 Å². The largest absolute Gasteiger partial charge is 0.348 e. The average Bonchev–Trinajstić information content (AvgIpc) is 3.09. The molecular formula is C17H16N6O. The van der Waals surface area contributed by atoms with Gasteiger partial charge in [0, 0.05) is 31.0 Å². The van der Waals surface area contributed by atoms with Gasteiger partial charge in [0.1, 0.15) is 5.69 Å². The maximum Gasteiger partial charge on any atom is 0.272 e. The number of hydrogen-bond acceptors (Lipinski definition) is 5. The van der Waals surface area contributed by atoms with Gasteiger partial charge < -0.3 is 10.2 Å². The molecule has 0 aliphatic carbocycles. The Bertz CT molecular complexity index is 827. The number of likely N-dealkylation sites (tertiary alicyclic amines) is 1. The molecule has 0 unspecified atom stereocenters. The number of aromatic amines is 1. The van der Waals surface area contributed by atoms with E-state index in [-0.39, 0.29) is 11.9 Å². The summed E-state index contributed by atoms with van der Waals surface area (Å²) >= 11 is 0. The summed E-state index contributed by atoms with van der Waals surface area (Å²) in [5.74, 6) is 0.541. The van der Waals surface area contributed by atoms with Gasteiger partial charge in [0.2, 0.25) is 5.95 Å². The van der Waals surface area contributed by atoms with E-state index in [1.165, 1.54) is 0 Å². The first-order chi connectivity index (χ1) is 11.8. The molecule has 1 fully saturated rings. The number of carbonyl (C=O) groups is 1. The van der Waals surface area contributed by atoms with Crippen LogP contribution in [0, 0.1) is 0 Å². The van der Waals surface area contributed by atoms with E-state index < -0.39 is 0 Å². The van der Waals surface area contributed by atoms with Crippen LogP contribution in [0.5, 0.6) is 0 Å². The van der Waals surface area contributed by atoms with Gasteiger partial charge in [-0.25, -0.2) is 9.97 Å². The number of aromatic nitrogens is 4. The van der Waals surface area contributed by atoms with Crippen molar-refractivity contribution in [1.82, 2.24) is 25.1 Å². The van der Waals surface area contributed by atoms with E-state index in [9.17, 15) is 4.79 Å². The van der Waals surface area contributed by atoms with Crippen LogP contribution in [0.15, 0.2) is 54.9 Å². The fraction of sp³-hybridized carbons (Fsp3) is 0.176. The first-order valence-electron chi connectivity index (χ1n) is 7.73. The molecule has 7 heteroatoms. The van der Waals surface area contributed by atoms with Crippen molar-refractivity contribution in [2.24, 2.45) is 0 Å². The number of hydrogen-bond donors (Lipinski definition) is 2. The number of rotatable bonds is 4. The van der Waals surface area contributed by atoms with Crippen LogP contribution in [0.25, 0.3) is 11.3 Å². The molecule has 1 aliphatic heterocycles. The molecule has 4 rings (SSSR count). The molecule has 1 amide bonds. The van der Waals surface area contributed by atoms with Crippen molar-refractivity contribution < 1.29 is 4.79 Å². The number of benzene rings is 1. The summed E-state index contributed by atoms with van der Waals surface area (Å²) < 4.78 is 0. The third-order valence-corrected chi connectivity index (χ3v) is 3.95. The Kier molecular flexibility index (Phi) is 3.66. The van der Waals surface area contributed by atoms with E-state index in [0.717, 1.165) is 11.3 Å². The fourth-order valence-corrected chi connectivity index (χ4v) is 2.65. The minimum Gasteiger partial charge on any atom is -0.348 e. The molecule has 0 atom stereocenters. The topological polar surface area (TPSA) is 86.8 Å². The Hall–Kier alpha value is -3.22. The standard InChI is InChI=1S/C17H16N6O/c24-16(15-9-14(21-22-15)12-5-2-1-3-6-12)23-10-13(11-23)20-17-18-7-4-8-19-17/h1-9,13H,10-11H2,(H,21,22)(H,18,19,20). The molecule has 1 saturated heterocycles. The van der Waals surface area contributed by atoms with Gasteiger partial charge >= 0.3 is 0 Å². The number of H-pyrrole nitrogens is 1. The Balaban J connectivity index is 1.37. The second-order valence-corrected chi connectivity index (χ2v) is 5.66. The lowest BCUT2D eigenvalue weighted by molar-refractivity contribution is 0.0618. The molecular weight excluding hydrogens is 304 g/mol. The van der Waals surface area contributed by atoms with E-state index in [0.29, 0.717) is 24.7 Å². The number of amides is 1. The maximum absolute atomic E-state index is 12.5. The molecule has 120 valence electrons. The van der Waals surface area contributed by atoms with Crippen molar-refractivity contribution in [3.05, 3.63) is 60.6 Å². The van der Waals surface area contributed by atoms with E-state index in [2.05, 4.69) is 25.5 Å². The van der Waals surface area contributed by atoms with Gasteiger partial charge in [0.05, 0.1) is 11.7 Å². The molecule has 7 nitrogen and oxygen atoms in total. The summed E-state index contributed by atoms with van der Waals surface area (Å²) in [6.07, 6.45) is 3.37. The van der Waals surface area contributed by atoms with Gasteiger partial charge in [-0.05, 0) is 12.1 Å². The highest BCUT2D eigenvalue weighted by molar-refractivity contribution is 5.94. The highest BCUT2D eigenvalue weighted by Gasteiger charge is 2.32. The van der Waals surface area contributed by atoms with Crippen molar-refractivity contribution >= 4 is 11.9 Å². The number of nitrogens with one attached hydrogen (secondary N) is 2. The summed E-state index contributed by atoms with van der Waals surface area (Å²) in [5.41, 5.74) is 2.26. The SMILES string of the molecule is O=C(c1cc(-c2ccccc2)n[nH]1)N1CC(Nc2ncccn2)C1. The van der Waals surface area contributed by atoms with Gasteiger partial charge in [-0.2, -0.15) is 5.10 Å². The molecule has 1 aliphatic rings. The summed E-state index contributed by atoms with van der Waals surface area (Å²) in [6, 6.07) is 13.5. The maximum atomic E-state index is 12.5. The molecule has 3 aromatic rings. The monoisotopic (exact) mass is 320 g/mol. The second kappa shape index (κ2) is 6.11. The lowest BCUT2D eigenvalue weighted by atomic mass is 10.1. The molecule has 2 N–H and O–H groups in total. The molecule has 2 aromatic heterocycles. The number of nitrogens with zero attached hydrogens (tertiary/aromatic N) is 4. The second-order valence-electron chi connectivity index (χ2n) is 5.66. The van der Waals surface area contributed by atoms with Crippen molar-refractivity contribution in [3.63, 3.8) is 0 Å².